The number of hydrogen-bond acceptors (Lipinski definition) is 4. The fourth-order valence-electron chi connectivity index (χ4n) is 1.37. The maximum absolute atomic E-state index is 11.3. The standard InChI is InChI=1S/C11H16BrNO3S/c1-3-17(14,15)5-4-16-11-8(2)6-9(12)7-10(11)13/h6-7H,3-5,13H2,1-2H3. The third kappa shape index (κ3) is 4.20. The summed E-state index contributed by atoms with van der Waals surface area (Å²) in [6.07, 6.45) is 0. The van der Waals surface area contributed by atoms with Gasteiger partial charge in [0.1, 0.15) is 12.4 Å². The zero-order valence-corrected chi connectivity index (χ0v) is 12.3. The van der Waals surface area contributed by atoms with Crippen molar-refractivity contribution >= 4 is 31.5 Å². The summed E-state index contributed by atoms with van der Waals surface area (Å²) in [7, 11) is -3.00. The second-order valence-corrected chi connectivity index (χ2v) is 7.11. The lowest BCUT2D eigenvalue weighted by Gasteiger charge is -2.12. The summed E-state index contributed by atoms with van der Waals surface area (Å²) in [5.41, 5.74) is 7.19. The summed E-state index contributed by atoms with van der Waals surface area (Å²) in [6, 6.07) is 3.61. The highest BCUT2D eigenvalue weighted by atomic mass is 79.9. The number of nitrogen functional groups attached to an aromatic ring is 1. The van der Waals surface area contributed by atoms with E-state index in [9.17, 15) is 8.42 Å². The lowest BCUT2D eigenvalue weighted by atomic mass is 10.2. The first kappa shape index (κ1) is 14.3. The largest absolute Gasteiger partial charge is 0.490 e. The van der Waals surface area contributed by atoms with Gasteiger partial charge in [-0.2, -0.15) is 0 Å². The van der Waals surface area contributed by atoms with E-state index in [1.807, 2.05) is 13.0 Å². The number of aryl methyl sites for hydroxylation is 1. The first-order chi connectivity index (χ1) is 7.85. The second-order valence-electron chi connectivity index (χ2n) is 3.73. The van der Waals surface area contributed by atoms with Crippen LogP contribution < -0.4 is 10.5 Å². The van der Waals surface area contributed by atoms with E-state index < -0.39 is 9.84 Å². The van der Waals surface area contributed by atoms with Crippen molar-refractivity contribution in [3.8, 4) is 5.75 Å². The molecule has 0 atom stereocenters. The average molecular weight is 322 g/mol. The molecule has 0 fully saturated rings. The Morgan fingerprint density at radius 1 is 1.41 bits per heavy atom. The molecular formula is C11H16BrNO3S. The van der Waals surface area contributed by atoms with Crippen LogP contribution in [0.25, 0.3) is 0 Å². The van der Waals surface area contributed by atoms with Crippen LogP contribution >= 0.6 is 15.9 Å². The minimum absolute atomic E-state index is 0.0123. The van der Waals surface area contributed by atoms with Crippen LogP contribution in [0, 0.1) is 6.92 Å². The SMILES string of the molecule is CCS(=O)(=O)CCOc1c(C)cc(Br)cc1N. The van der Waals surface area contributed by atoms with Gasteiger partial charge in [0, 0.05) is 10.2 Å². The molecule has 0 aliphatic carbocycles. The van der Waals surface area contributed by atoms with Gasteiger partial charge in [-0.1, -0.05) is 22.9 Å². The summed E-state index contributed by atoms with van der Waals surface area (Å²) in [4.78, 5) is 0. The van der Waals surface area contributed by atoms with Crippen LogP contribution in [0.15, 0.2) is 16.6 Å². The third-order valence-electron chi connectivity index (χ3n) is 2.35. The third-order valence-corrected chi connectivity index (χ3v) is 4.47. The number of anilines is 1. The van der Waals surface area contributed by atoms with Crippen LogP contribution in [0.2, 0.25) is 0 Å². The Morgan fingerprint density at radius 3 is 2.59 bits per heavy atom. The molecule has 0 radical (unpaired) electrons. The smallest absolute Gasteiger partial charge is 0.153 e. The average Bonchev–Trinajstić information content (AvgIpc) is 2.22. The molecule has 0 aromatic heterocycles. The molecule has 17 heavy (non-hydrogen) atoms. The van der Waals surface area contributed by atoms with Gasteiger partial charge >= 0.3 is 0 Å². The Morgan fingerprint density at radius 2 is 2.06 bits per heavy atom. The van der Waals surface area contributed by atoms with Gasteiger partial charge in [-0.05, 0) is 24.6 Å². The number of halogens is 1. The minimum Gasteiger partial charge on any atom is -0.490 e. The molecule has 0 unspecified atom stereocenters. The first-order valence-electron chi connectivity index (χ1n) is 5.24. The van der Waals surface area contributed by atoms with Crippen LogP contribution in [-0.2, 0) is 9.84 Å². The van der Waals surface area contributed by atoms with E-state index in [1.54, 1.807) is 13.0 Å². The molecule has 0 amide bonds. The Hall–Kier alpha value is -0.750. The maximum Gasteiger partial charge on any atom is 0.153 e. The number of nitrogens with two attached hydrogens (primary N) is 1. The monoisotopic (exact) mass is 321 g/mol. The van der Waals surface area contributed by atoms with E-state index in [1.165, 1.54) is 0 Å². The topological polar surface area (TPSA) is 69.4 Å². The highest BCUT2D eigenvalue weighted by Gasteiger charge is 2.10. The molecule has 96 valence electrons. The van der Waals surface area contributed by atoms with Gasteiger partial charge in [0.05, 0.1) is 11.4 Å². The zero-order valence-electron chi connectivity index (χ0n) is 9.86. The first-order valence-corrected chi connectivity index (χ1v) is 7.86. The van der Waals surface area contributed by atoms with E-state index in [0.717, 1.165) is 10.0 Å². The van der Waals surface area contributed by atoms with Crippen molar-refractivity contribution in [1.82, 2.24) is 0 Å². The molecule has 0 saturated carbocycles. The minimum atomic E-state index is -3.00. The van der Waals surface area contributed by atoms with Crippen LogP contribution in [0.5, 0.6) is 5.75 Å². The van der Waals surface area contributed by atoms with E-state index in [2.05, 4.69) is 15.9 Å². The Bertz CT molecular complexity index is 476. The van der Waals surface area contributed by atoms with Crippen molar-refractivity contribution in [1.29, 1.82) is 0 Å². The summed E-state index contributed by atoms with van der Waals surface area (Å²) in [5.74, 6) is 0.698. The van der Waals surface area contributed by atoms with Gasteiger partial charge in [-0.15, -0.1) is 0 Å². The van der Waals surface area contributed by atoms with E-state index in [4.69, 9.17) is 10.5 Å². The molecular weight excluding hydrogens is 306 g/mol. The highest BCUT2D eigenvalue weighted by molar-refractivity contribution is 9.10. The van der Waals surface area contributed by atoms with Crippen LogP contribution in [0.1, 0.15) is 12.5 Å². The van der Waals surface area contributed by atoms with Gasteiger partial charge in [0.15, 0.2) is 9.84 Å². The molecule has 0 spiro atoms. The number of sulfone groups is 1. The van der Waals surface area contributed by atoms with Gasteiger partial charge in [-0.3, -0.25) is 0 Å². The van der Waals surface area contributed by atoms with E-state index in [0.29, 0.717) is 11.4 Å². The van der Waals surface area contributed by atoms with Crippen molar-refractivity contribution in [2.45, 2.75) is 13.8 Å². The summed E-state index contributed by atoms with van der Waals surface area (Å²) < 4.78 is 28.9. The van der Waals surface area contributed by atoms with Gasteiger partial charge in [-0.25, -0.2) is 8.42 Å². The van der Waals surface area contributed by atoms with Crippen molar-refractivity contribution in [3.05, 3.63) is 22.2 Å². The lowest BCUT2D eigenvalue weighted by Crippen LogP contribution is -2.16. The van der Waals surface area contributed by atoms with Crippen LogP contribution in [0.3, 0.4) is 0 Å². The Balaban J connectivity index is 2.71. The number of hydrogen-bond donors (Lipinski definition) is 1. The van der Waals surface area contributed by atoms with E-state index in [-0.39, 0.29) is 18.1 Å². The number of benzene rings is 1. The van der Waals surface area contributed by atoms with Crippen molar-refractivity contribution in [2.24, 2.45) is 0 Å². The second kappa shape index (κ2) is 5.73. The van der Waals surface area contributed by atoms with Crippen molar-refractivity contribution in [3.63, 3.8) is 0 Å². The molecule has 0 bridgehead atoms. The zero-order chi connectivity index (χ0) is 13.1. The highest BCUT2D eigenvalue weighted by Crippen LogP contribution is 2.29. The predicted octanol–water partition coefficient (Wildman–Crippen LogP) is 2.15. The molecule has 6 heteroatoms. The molecule has 1 aromatic carbocycles. The number of ether oxygens (including phenoxy) is 1. The van der Waals surface area contributed by atoms with Gasteiger partial charge in [0.2, 0.25) is 0 Å². The molecule has 1 aromatic rings. The summed E-state index contributed by atoms with van der Waals surface area (Å²) in [6.45, 7) is 3.61. The fourth-order valence-corrected chi connectivity index (χ4v) is 2.58. The molecule has 0 aliphatic rings. The normalized spacial score (nSPS) is 11.5. The molecule has 0 saturated heterocycles. The lowest BCUT2D eigenvalue weighted by molar-refractivity contribution is 0.340. The predicted molar refractivity (Wildman–Crippen MR) is 73.1 cm³/mol. The van der Waals surface area contributed by atoms with E-state index >= 15 is 0 Å². The molecule has 1 rings (SSSR count). The number of rotatable bonds is 5. The Labute approximate surface area is 110 Å². The molecule has 2 N–H and O–H groups in total. The summed E-state index contributed by atoms with van der Waals surface area (Å²) in [5, 5.41) is 0. The molecule has 0 aliphatic heterocycles. The van der Waals surface area contributed by atoms with Crippen molar-refractivity contribution < 1.29 is 13.2 Å². The quantitative estimate of drug-likeness (QED) is 0.844. The van der Waals surface area contributed by atoms with Gasteiger partial charge < -0.3 is 10.5 Å². The van der Waals surface area contributed by atoms with Crippen molar-refractivity contribution in [2.75, 3.05) is 23.8 Å². The fraction of sp³-hybridized carbons (Fsp3) is 0.455. The molecule has 0 heterocycles. The molecule has 4 nitrogen and oxygen atoms in total. The van der Waals surface area contributed by atoms with Crippen LogP contribution in [-0.4, -0.2) is 26.5 Å². The summed E-state index contributed by atoms with van der Waals surface area (Å²) >= 11 is 3.33. The van der Waals surface area contributed by atoms with Crippen LogP contribution in [0.4, 0.5) is 5.69 Å². The maximum atomic E-state index is 11.3. The van der Waals surface area contributed by atoms with Gasteiger partial charge in [0.25, 0.3) is 0 Å². The Kier molecular flexibility index (Phi) is 4.82.